The van der Waals surface area contributed by atoms with Crippen molar-refractivity contribution in [2.75, 3.05) is 0 Å². The highest BCUT2D eigenvalue weighted by Crippen LogP contribution is 2.25. The Morgan fingerprint density at radius 3 is 2.56 bits per heavy atom. The fourth-order valence-electron chi connectivity index (χ4n) is 1.36. The van der Waals surface area contributed by atoms with E-state index in [0.717, 1.165) is 0 Å². The van der Waals surface area contributed by atoms with Crippen LogP contribution in [-0.4, -0.2) is 15.8 Å². The third-order valence-corrected chi connectivity index (χ3v) is 2.87. The van der Waals surface area contributed by atoms with Crippen LogP contribution in [0.5, 0.6) is 0 Å². The second-order valence-electron chi connectivity index (χ2n) is 3.24. The standard InChI is InChI=1S/C11H8Cl2N2O/c12-8-2-1-3-9(13)7(8)6-10(16)11-14-4-5-15-11/h1-5H,6H2,(H,14,15). The SMILES string of the molecule is O=C(Cc1c(Cl)cccc1Cl)c1ncc[nH]1. The number of Topliss-reactive ketones (excluding diaryl/α,β-unsaturated/α-hetero) is 1. The van der Waals surface area contributed by atoms with Crippen LogP contribution >= 0.6 is 23.2 Å². The summed E-state index contributed by atoms with van der Waals surface area (Å²) in [6.07, 6.45) is 3.27. The lowest BCUT2D eigenvalue weighted by atomic mass is 10.1. The van der Waals surface area contributed by atoms with Crippen LogP contribution in [0.15, 0.2) is 30.6 Å². The molecule has 1 aromatic heterocycles. The average Bonchev–Trinajstić information content (AvgIpc) is 2.76. The number of ketones is 1. The third kappa shape index (κ3) is 2.26. The fourth-order valence-corrected chi connectivity index (χ4v) is 1.89. The van der Waals surface area contributed by atoms with Crippen molar-refractivity contribution in [2.24, 2.45) is 0 Å². The highest BCUT2D eigenvalue weighted by molar-refractivity contribution is 6.36. The summed E-state index contributed by atoms with van der Waals surface area (Å²) < 4.78 is 0. The second-order valence-corrected chi connectivity index (χ2v) is 4.05. The molecular weight excluding hydrogens is 247 g/mol. The Bertz CT molecular complexity index is 488. The van der Waals surface area contributed by atoms with Gasteiger partial charge in [0.15, 0.2) is 5.82 Å². The number of carbonyl (C=O) groups excluding carboxylic acids is 1. The molecule has 1 aromatic carbocycles. The van der Waals surface area contributed by atoms with E-state index in [1.54, 1.807) is 24.4 Å². The molecule has 3 nitrogen and oxygen atoms in total. The molecule has 2 aromatic rings. The molecule has 0 aliphatic heterocycles. The normalized spacial score (nSPS) is 10.4. The van der Waals surface area contributed by atoms with E-state index in [2.05, 4.69) is 9.97 Å². The van der Waals surface area contributed by atoms with Gasteiger partial charge in [-0.25, -0.2) is 4.98 Å². The van der Waals surface area contributed by atoms with Gasteiger partial charge in [-0.2, -0.15) is 0 Å². The predicted octanol–water partition coefficient (Wildman–Crippen LogP) is 3.14. The molecule has 0 bridgehead atoms. The van der Waals surface area contributed by atoms with E-state index in [1.807, 2.05) is 0 Å². The van der Waals surface area contributed by atoms with Gasteiger partial charge in [0.2, 0.25) is 5.78 Å². The second kappa shape index (κ2) is 4.68. The minimum Gasteiger partial charge on any atom is -0.342 e. The van der Waals surface area contributed by atoms with Crippen LogP contribution in [0, 0.1) is 0 Å². The summed E-state index contributed by atoms with van der Waals surface area (Å²) in [6, 6.07) is 5.15. The molecule has 0 radical (unpaired) electrons. The molecule has 0 saturated carbocycles. The van der Waals surface area contributed by atoms with Gasteiger partial charge in [-0.3, -0.25) is 4.79 Å². The van der Waals surface area contributed by atoms with E-state index in [4.69, 9.17) is 23.2 Å². The summed E-state index contributed by atoms with van der Waals surface area (Å²) in [6.45, 7) is 0. The highest BCUT2D eigenvalue weighted by atomic mass is 35.5. The Labute approximate surface area is 102 Å². The molecule has 0 unspecified atom stereocenters. The van der Waals surface area contributed by atoms with Gasteiger partial charge in [0.25, 0.3) is 0 Å². The van der Waals surface area contributed by atoms with Crippen molar-refractivity contribution < 1.29 is 4.79 Å². The van der Waals surface area contributed by atoms with Crippen LogP contribution in [0.2, 0.25) is 10.0 Å². The van der Waals surface area contributed by atoms with Crippen LogP contribution in [0.25, 0.3) is 0 Å². The molecule has 82 valence electrons. The lowest BCUT2D eigenvalue weighted by Crippen LogP contribution is -2.06. The zero-order valence-corrected chi connectivity index (χ0v) is 9.72. The van der Waals surface area contributed by atoms with Crippen LogP contribution in [0.3, 0.4) is 0 Å². The smallest absolute Gasteiger partial charge is 0.202 e. The topological polar surface area (TPSA) is 45.8 Å². The molecule has 2 rings (SSSR count). The van der Waals surface area contributed by atoms with E-state index in [-0.39, 0.29) is 12.2 Å². The molecule has 5 heteroatoms. The first-order valence-electron chi connectivity index (χ1n) is 4.64. The number of nitrogens with zero attached hydrogens (tertiary/aromatic N) is 1. The van der Waals surface area contributed by atoms with Gasteiger partial charge in [-0.1, -0.05) is 29.3 Å². The van der Waals surface area contributed by atoms with Gasteiger partial charge in [0, 0.05) is 28.9 Å². The monoisotopic (exact) mass is 254 g/mol. The molecule has 0 aliphatic rings. The first-order chi connectivity index (χ1) is 7.68. The Morgan fingerprint density at radius 2 is 2.00 bits per heavy atom. The number of imidazole rings is 1. The van der Waals surface area contributed by atoms with Gasteiger partial charge in [0.05, 0.1) is 0 Å². The van der Waals surface area contributed by atoms with Crippen molar-refractivity contribution in [1.82, 2.24) is 9.97 Å². The van der Waals surface area contributed by atoms with Crippen LogP contribution in [0.1, 0.15) is 16.2 Å². The van der Waals surface area contributed by atoms with Crippen molar-refractivity contribution in [1.29, 1.82) is 0 Å². The van der Waals surface area contributed by atoms with E-state index in [0.29, 0.717) is 21.4 Å². The fraction of sp³-hybridized carbons (Fsp3) is 0.0909. The quantitative estimate of drug-likeness (QED) is 0.856. The van der Waals surface area contributed by atoms with Gasteiger partial charge in [-0.05, 0) is 17.7 Å². The Kier molecular flexibility index (Phi) is 3.27. The summed E-state index contributed by atoms with van der Waals surface area (Å²) in [7, 11) is 0. The van der Waals surface area contributed by atoms with Crippen LogP contribution in [0.4, 0.5) is 0 Å². The number of hydrogen-bond acceptors (Lipinski definition) is 2. The lowest BCUT2D eigenvalue weighted by Gasteiger charge is -2.04. The Hall–Kier alpha value is -1.32. The number of aromatic nitrogens is 2. The van der Waals surface area contributed by atoms with Crippen LogP contribution in [-0.2, 0) is 6.42 Å². The van der Waals surface area contributed by atoms with E-state index in [9.17, 15) is 4.79 Å². The van der Waals surface area contributed by atoms with Gasteiger partial charge < -0.3 is 4.98 Å². The predicted molar refractivity (Wildman–Crippen MR) is 63.1 cm³/mol. The maximum absolute atomic E-state index is 11.8. The summed E-state index contributed by atoms with van der Waals surface area (Å²) in [5.74, 6) is 0.177. The number of aromatic amines is 1. The highest BCUT2D eigenvalue weighted by Gasteiger charge is 2.13. The third-order valence-electron chi connectivity index (χ3n) is 2.16. The van der Waals surface area contributed by atoms with E-state index >= 15 is 0 Å². The van der Waals surface area contributed by atoms with E-state index < -0.39 is 0 Å². The van der Waals surface area contributed by atoms with Crippen LogP contribution < -0.4 is 0 Å². The number of H-pyrrole nitrogens is 1. The minimum atomic E-state index is -0.139. The molecule has 0 saturated heterocycles. The molecule has 0 spiro atoms. The molecule has 0 fully saturated rings. The molecular formula is C11H8Cl2N2O. The zero-order valence-electron chi connectivity index (χ0n) is 8.21. The Balaban J connectivity index is 2.25. The van der Waals surface area contributed by atoms with Crippen molar-refractivity contribution in [3.63, 3.8) is 0 Å². The van der Waals surface area contributed by atoms with E-state index in [1.165, 1.54) is 6.20 Å². The zero-order chi connectivity index (χ0) is 11.5. The molecule has 16 heavy (non-hydrogen) atoms. The average molecular weight is 255 g/mol. The Morgan fingerprint density at radius 1 is 1.31 bits per heavy atom. The van der Waals surface area contributed by atoms with Gasteiger partial charge in [-0.15, -0.1) is 0 Å². The summed E-state index contributed by atoms with van der Waals surface area (Å²) in [4.78, 5) is 18.4. The number of nitrogens with one attached hydrogen (secondary N) is 1. The maximum Gasteiger partial charge on any atom is 0.202 e. The molecule has 0 amide bonds. The van der Waals surface area contributed by atoms with Gasteiger partial charge >= 0.3 is 0 Å². The first-order valence-corrected chi connectivity index (χ1v) is 5.39. The number of hydrogen-bond donors (Lipinski definition) is 1. The minimum absolute atomic E-state index is 0.139. The summed E-state index contributed by atoms with van der Waals surface area (Å²) in [5.41, 5.74) is 0.632. The van der Waals surface area contributed by atoms with Crippen molar-refractivity contribution in [2.45, 2.75) is 6.42 Å². The van der Waals surface area contributed by atoms with Crippen molar-refractivity contribution >= 4 is 29.0 Å². The number of halogens is 2. The van der Waals surface area contributed by atoms with Gasteiger partial charge in [0.1, 0.15) is 0 Å². The van der Waals surface area contributed by atoms with Crippen molar-refractivity contribution in [3.05, 3.63) is 52.0 Å². The van der Waals surface area contributed by atoms with Crippen molar-refractivity contribution in [3.8, 4) is 0 Å². The molecule has 0 atom stereocenters. The summed E-state index contributed by atoms with van der Waals surface area (Å²) >= 11 is 11.9. The maximum atomic E-state index is 11.8. The molecule has 0 aliphatic carbocycles. The summed E-state index contributed by atoms with van der Waals surface area (Å²) in [5, 5.41) is 0.986. The lowest BCUT2D eigenvalue weighted by molar-refractivity contribution is 0.0984. The largest absolute Gasteiger partial charge is 0.342 e. The molecule has 1 N–H and O–H groups in total. The number of carbonyl (C=O) groups is 1. The first kappa shape index (κ1) is 11.2. The molecule has 1 heterocycles. The number of benzene rings is 1. The number of rotatable bonds is 3.